The molecule has 0 saturated heterocycles. The van der Waals surface area contributed by atoms with Crippen LogP contribution in [0.5, 0.6) is 0 Å². The van der Waals surface area contributed by atoms with Gasteiger partial charge in [0, 0.05) is 0 Å². The summed E-state index contributed by atoms with van der Waals surface area (Å²) in [5.41, 5.74) is 0. The smallest absolute Gasteiger partial charge is 0.346 e. The van der Waals surface area contributed by atoms with E-state index in [0.717, 1.165) is 6.42 Å². The number of nitrogens with one attached hydrogen (secondary N) is 1. The van der Waals surface area contributed by atoms with Gasteiger partial charge in [0.15, 0.2) is 0 Å². The molecule has 1 aliphatic rings. The van der Waals surface area contributed by atoms with Gasteiger partial charge in [-0.1, -0.05) is 15.9 Å². The van der Waals surface area contributed by atoms with Crippen LogP contribution in [0.4, 0.5) is 13.2 Å². The Bertz CT molecular complexity index is 212. The molecule has 1 aliphatic carbocycles. The van der Waals surface area contributed by atoms with E-state index in [1.54, 1.807) is 0 Å². The lowest BCUT2D eigenvalue weighted by Gasteiger charge is -2.34. The molecule has 0 aromatic carbocycles. The van der Waals surface area contributed by atoms with Crippen LogP contribution in [0.2, 0.25) is 0 Å². The van der Waals surface area contributed by atoms with Crippen molar-refractivity contribution in [2.45, 2.75) is 29.8 Å². The molecule has 2 nitrogen and oxygen atoms in total. The maximum Gasteiger partial charge on any atom is 0.405 e. The third-order valence-corrected chi connectivity index (χ3v) is 3.16. The van der Waals surface area contributed by atoms with E-state index in [2.05, 4.69) is 15.9 Å². The maximum absolute atomic E-state index is 11.7. The molecule has 1 amide bonds. The maximum atomic E-state index is 11.7. The average Bonchev–Trinajstić information content (AvgIpc) is 1.94. The number of hydrogen-bond acceptors (Lipinski definition) is 1. The zero-order chi connectivity index (χ0) is 10.1. The lowest BCUT2D eigenvalue weighted by Crippen LogP contribution is -2.49. The first-order valence-corrected chi connectivity index (χ1v) is 4.67. The van der Waals surface area contributed by atoms with Gasteiger partial charge in [0.2, 0.25) is 5.91 Å². The zero-order valence-electron chi connectivity index (χ0n) is 6.75. The van der Waals surface area contributed by atoms with Gasteiger partial charge < -0.3 is 5.32 Å². The molecule has 0 spiro atoms. The number of halogens is 4. The van der Waals surface area contributed by atoms with Gasteiger partial charge >= 0.3 is 6.18 Å². The van der Waals surface area contributed by atoms with Crippen LogP contribution in [-0.2, 0) is 4.79 Å². The van der Waals surface area contributed by atoms with E-state index in [0.29, 0.717) is 12.8 Å². The summed E-state index contributed by atoms with van der Waals surface area (Å²) < 4.78 is 34.4. The van der Waals surface area contributed by atoms with Gasteiger partial charge in [-0.25, -0.2) is 0 Å². The number of carbonyl (C=O) groups excluding carboxylic acids is 1. The average molecular weight is 260 g/mol. The van der Waals surface area contributed by atoms with Crippen molar-refractivity contribution in [3.05, 3.63) is 0 Å². The van der Waals surface area contributed by atoms with Crippen LogP contribution in [-0.4, -0.2) is 23.0 Å². The van der Waals surface area contributed by atoms with Crippen molar-refractivity contribution in [1.29, 1.82) is 0 Å². The minimum Gasteiger partial charge on any atom is -0.346 e. The molecular weight excluding hydrogens is 251 g/mol. The first-order valence-electron chi connectivity index (χ1n) is 3.87. The minimum absolute atomic E-state index is 0.559. The van der Waals surface area contributed by atoms with E-state index >= 15 is 0 Å². The summed E-state index contributed by atoms with van der Waals surface area (Å²) in [4.78, 5) is 11.1. The molecule has 1 saturated carbocycles. The van der Waals surface area contributed by atoms with Crippen LogP contribution in [0.3, 0.4) is 0 Å². The highest BCUT2D eigenvalue weighted by molar-refractivity contribution is 9.10. The van der Waals surface area contributed by atoms with Gasteiger partial charge in [-0.3, -0.25) is 4.79 Å². The molecular formula is C7H9BrF3NO. The number of alkyl halides is 4. The van der Waals surface area contributed by atoms with Crippen LogP contribution in [0.25, 0.3) is 0 Å². The van der Waals surface area contributed by atoms with Gasteiger partial charge in [-0.2, -0.15) is 13.2 Å². The highest BCUT2D eigenvalue weighted by Crippen LogP contribution is 2.40. The van der Waals surface area contributed by atoms with Gasteiger partial charge in [0.1, 0.15) is 10.9 Å². The highest BCUT2D eigenvalue weighted by atomic mass is 79.9. The lowest BCUT2D eigenvalue weighted by atomic mass is 9.84. The second-order valence-corrected chi connectivity index (χ2v) is 4.63. The Morgan fingerprint density at radius 3 is 2.31 bits per heavy atom. The molecule has 0 heterocycles. The fourth-order valence-electron chi connectivity index (χ4n) is 1.05. The summed E-state index contributed by atoms with van der Waals surface area (Å²) in [7, 11) is 0. The van der Waals surface area contributed by atoms with Crippen molar-refractivity contribution >= 4 is 21.8 Å². The summed E-state index contributed by atoms with van der Waals surface area (Å²) in [5.74, 6) is -0.559. The van der Waals surface area contributed by atoms with Crippen molar-refractivity contribution in [3.63, 3.8) is 0 Å². The molecule has 76 valence electrons. The molecule has 13 heavy (non-hydrogen) atoms. The normalized spacial score (nSPS) is 20.6. The summed E-state index contributed by atoms with van der Waals surface area (Å²) in [5, 5.41) is 1.85. The van der Waals surface area contributed by atoms with Crippen LogP contribution in [0.15, 0.2) is 0 Å². The third kappa shape index (κ3) is 2.86. The van der Waals surface area contributed by atoms with Gasteiger partial charge in [0.05, 0.1) is 0 Å². The standard InChI is InChI=1S/C7H9BrF3NO/c8-6(2-1-3-6)5(13)12-4-7(9,10)11/h1-4H2,(H,12,13). The van der Waals surface area contributed by atoms with Crippen molar-refractivity contribution in [1.82, 2.24) is 5.32 Å². The SMILES string of the molecule is O=C(NCC(F)(F)F)C1(Br)CCC1. The van der Waals surface area contributed by atoms with Crippen molar-refractivity contribution in [3.8, 4) is 0 Å². The molecule has 0 aromatic heterocycles. The molecule has 0 unspecified atom stereocenters. The monoisotopic (exact) mass is 259 g/mol. The van der Waals surface area contributed by atoms with Gasteiger partial charge in [0.25, 0.3) is 0 Å². The van der Waals surface area contributed by atoms with E-state index in [4.69, 9.17) is 0 Å². The molecule has 0 bridgehead atoms. The van der Waals surface area contributed by atoms with E-state index in [1.807, 2.05) is 5.32 Å². The van der Waals surface area contributed by atoms with Crippen molar-refractivity contribution in [2.75, 3.05) is 6.54 Å². The number of hydrogen-bond donors (Lipinski definition) is 1. The second-order valence-electron chi connectivity index (χ2n) is 3.12. The Kier molecular flexibility index (Phi) is 2.89. The van der Waals surface area contributed by atoms with E-state index in [-0.39, 0.29) is 0 Å². The van der Waals surface area contributed by atoms with E-state index in [9.17, 15) is 18.0 Å². The van der Waals surface area contributed by atoms with Crippen molar-refractivity contribution < 1.29 is 18.0 Å². The molecule has 0 atom stereocenters. The predicted octanol–water partition coefficient (Wildman–Crippen LogP) is 1.98. The Hall–Kier alpha value is -0.260. The quantitative estimate of drug-likeness (QED) is 0.756. The Balaban J connectivity index is 2.34. The first-order chi connectivity index (χ1) is 5.83. The Labute approximate surface area is 82.0 Å². The minimum atomic E-state index is -4.33. The van der Waals surface area contributed by atoms with Crippen molar-refractivity contribution in [2.24, 2.45) is 0 Å². The zero-order valence-corrected chi connectivity index (χ0v) is 8.33. The lowest BCUT2D eigenvalue weighted by molar-refractivity contribution is -0.140. The third-order valence-electron chi connectivity index (χ3n) is 2.00. The number of amides is 1. The molecule has 1 fully saturated rings. The van der Waals surface area contributed by atoms with E-state index in [1.165, 1.54) is 0 Å². The highest BCUT2D eigenvalue weighted by Gasteiger charge is 2.42. The fourth-order valence-corrected chi connectivity index (χ4v) is 1.75. The second kappa shape index (κ2) is 3.48. The molecule has 1 rings (SSSR count). The van der Waals surface area contributed by atoms with Crippen LogP contribution >= 0.6 is 15.9 Å². The molecule has 1 N–H and O–H groups in total. The van der Waals surface area contributed by atoms with E-state index < -0.39 is 23.0 Å². The molecule has 6 heteroatoms. The predicted molar refractivity (Wildman–Crippen MR) is 44.6 cm³/mol. The molecule has 0 radical (unpaired) electrons. The molecule has 0 aliphatic heterocycles. The number of rotatable bonds is 2. The van der Waals surface area contributed by atoms with Crippen LogP contribution in [0, 0.1) is 0 Å². The topological polar surface area (TPSA) is 29.1 Å². The fraction of sp³-hybridized carbons (Fsp3) is 0.857. The summed E-state index contributed by atoms with van der Waals surface area (Å²) >= 11 is 3.12. The van der Waals surface area contributed by atoms with Gasteiger partial charge in [-0.05, 0) is 19.3 Å². The Morgan fingerprint density at radius 1 is 1.46 bits per heavy atom. The Morgan fingerprint density at radius 2 is 2.00 bits per heavy atom. The first kappa shape index (κ1) is 10.8. The van der Waals surface area contributed by atoms with Crippen LogP contribution in [0.1, 0.15) is 19.3 Å². The summed E-state index contributed by atoms with van der Waals surface area (Å²) in [6.07, 6.45) is -2.24. The summed E-state index contributed by atoms with van der Waals surface area (Å²) in [6, 6.07) is 0. The van der Waals surface area contributed by atoms with Crippen LogP contribution < -0.4 is 5.32 Å². The summed E-state index contributed by atoms with van der Waals surface area (Å²) in [6.45, 7) is -1.25. The van der Waals surface area contributed by atoms with Gasteiger partial charge in [-0.15, -0.1) is 0 Å². The number of carbonyl (C=O) groups is 1. The largest absolute Gasteiger partial charge is 0.405 e. The molecule has 0 aromatic rings.